The van der Waals surface area contributed by atoms with Gasteiger partial charge in [-0.1, -0.05) is 29.8 Å². The Morgan fingerprint density at radius 2 is 1.67 bits per heavy atom. The van der Waals surface area contributed by atoms with E-state index in [0.29, 0.717) is 16.5 Å². The summed E-state index contributed by atoms with van der Waals surface area (Å²) in [4.78, 5) is 0. The normalized spacial score (nSPS) is 12.1. The number of methoxy groups -OCH3 is 2. The van der Waals surface area contributed by atoms with E-state index in [1.165, 1.54) is 11.1 Å². The zero-order chi connectivity index (χ0) is 15.6. The van der Waals surface area contributed by atoms with Gasteiger partial charge >= 0.3 is 0 Å². The molecular formula is C17H20ClNO2. The smallest absolute Gasteiger partial charge is 0.179 e. The zero-order valence-corrected chi connectivity index (χ0v) is 13.5. The molecule has 112 valence electrons. The van der Waals surface area contributed by atoms with Crippen molar-refractivity contribution in [3.63, 3.8) is 0 Å². The molecule has 2 aromatic carbocycles. The summed E-state index contributed by atoms with van der Waals surface area (Å²) in [5.74, 6) is 1.11. The molecule has 0 aliphatic carbocycles. The highest BCUT2D eigenvalue weighted by molar-refractivity contribution is 6.32. The second-order valence-electron chi connectivity index (χ2n) is 5.06. The molecule has 0 spiro atoms. The van der Waals surface area contributed by atoms with E-state index in [9.17, 15) is 0 Å². The van der Waals surface area contributed by atoms with Gasteiger partial charge in [-0.25, -0.2) is 0 Å². The predicted octanol–water partition coefficient (Wildman–Crippen LogP) is 4.02. The van der Waals surface area contributed by atoms with Crippen molar-refractivity contribution in [3.8, 4) is 11.5 Å². The SMILES string of the molecule is COc1cc(C(N)c2ccc(C)c(C)c2)cc(Cl)c1OC. The van der Waals surface area contributed by atoms with E-state index in [2.05, 4.69) is 26.0 Å². The van der Waals surface area contributed by atoms with Gasteiger partial charge in [0.2, 0.25) is 0 Å². The fourth-order valence-corrected chi connectivity index (χ4v) is 2.56. The van der Waals surface area contributed by atoms with Crippen LogP contribution in [0, 0.1) is 13.8 Å². The second kappa shape index (κ2) is 6.37. The van der Waals surface area contributed by atoms with Crippen LogP contribution >= 0.6 is 11.6 Å². The molecule has 0 fully saturated rings. The van der Waals surface area contributed by atoms with E-state index >= 15 is 0 Å². The van der Waals surface area contributed by atoms with Crippen molar-refractivity contribution in [1.29, 1.82) is 0 Å². The average molecular weight is 306 g/mol. The average Bonchev–Trinajstić information content (AvgIpc) is 2.48. The van der Waals surface area contributed by atoms with Crippen LogP contribution in [0.5, 0.6) is 11.5 Å². The molecule has 0 aliphatic heterocycles. The standard InChI is InChI=1S/C17H20ClNO2/c1-10-5-6-12(7-11(10)2)16(19)13-8-14(18)17(21-4)15(9-13)20-3/h5-9,16H,19H2,1-4H3. The Kier molecular flexibility index (Phi) is 4.76. The van der Waals surface area contributed by atoms with E-state index < -0.39 is 0 Å². The van der Waals surface area contributed by atoms with Crippen LogP contribution in [-0.4, -0.2) is 14.2 Å². The number of aryl methyl sites for hydroxylation is 2. The number of hydrogen-bond acceptors (Lipinski definition) is 3. The molecule has 3 nitrogen and oxygen atoms in total. The first-order chi connectivity index (χ1) is 9.97. The van der Waals surface area contributed by atoms with Gasteiger partial charge in [0.05, 0.1) is 25.3 Å². The van der Waals surface area contributed by atoms with Gasteiger partial charge < -0.3 is 15.2 Å². The molecule has 21 heavy (non-hydrogen) atoms. The first kappa shape index (κ1) is 15.7. The molecule has 0 aromatic heterocycles. The van der Waals surface area contributed by atoms with Gasteiger partial charge in [0.25, 0.3) is 0 Å². The lowest BCUT2D eigenvalue weighted by Gasteiger charge is -2.17. The minimum absolute atomic E-state index is 0.262. The number of hydrogen-bond donors (Lipinski definition) is 1. The van der Waals surface area contributed by atoms with E-state index in [-0.39, 0.29) is 6.04 Å². The summed E-state index contributed by atoms with van der Waals surface area (Å²) in [5, 5.41) is 0.492. The molecule has 1 atom stereocenters. The summed E-state index contributed by atoms with van der Waals surface area (Å²) in [6.45, 7) is 4.16. The Balaban J connectivity index is 2.45. The van der Waals surface area contributed by atoms with Crippen LogP contribution in [0.1, 0.15) is 28.3 Å². The minimum Gasteiger partial charge on any atom is -0.493 e. The van der Waals surface area contributed by atoms with Crippen LogP contribution in [0.15, 0.2) is 30.3 Å². The molecule has 2 aromatic rings. The van der Waals surface area contributed by atoms with Crippen molar-refractivity contribution >= 4 is 11.6 Å². The fraction of sp³-hybridized carbons (Fsp3) is 0.294. The lowest BCUT2D eigenvalue weighted by Crippen LogP contribution is -2.12. The lowest BCUT2D eigenvalue weighted by molar-refractivity contribution is 0.354. The number of benzene rings is 2. The summed E-state index contributed by atoms with van der Waals surface area (Å²) in [6, 6.07) is 9.64. The van der Waals surface area contributed by atoms with Gasteiger partial charge in [-0.15, -0.1) is 0 Å². The molecule has 0 amide bonds. The van der Waals surface area contributed by atoms with E-state index in [0.717, 1.165) is 11.1 Å². The molecule has 1 unspecified atom stereocenters. The Morgan fingerprint density at radius 1 is 0.952 bits per heavy atom. The highest BCUT2D eigenvalue weighted by atomic mass is 35.5. The van der Waals surface area contributed by atoms with Crippen LogP contribution < -0.4 is 15.2 Å². The summed E-state index contributed by atoms with van der Waals surface area (Å²) < 4.78 is 10.6. The highest BCUT2D eigenvalue weighted by Crippen LogP contribution is 2.38. The van der Waals surface area contributed by atoms with Gasteiger partial charge in [-0.2, -0.15) is 0 Å². The van der Waals surface area contributed by atoms with Crippen molar-refractivity contribution in [2.45, 2.75) is 19.9 Å². The Bertz CT molecular complexity index is 655. The quantitative estimate of drug-likeness (QED) is 0.928. The summed E-state index contributed by atoms with van der Waals surface area (Å²) in [7, 11) is 3.15. The molecule has 2 N–H and O–H groups in total. The lowest BCUT2D eigenvalue weighted by atomic mass is 9.96. The summed E-state index contributed by atoms with van der Waals surface area (Å²) >= 11 is 6.24. The number of nitrogens with two attached hydrogens (primary N) is 1. The van der Waals surface area contributed by atoms with E-state index in [4.69, 9.17) is 26.8 Å². The van der Waals surface area contributed by atoms with Crippen LogP contribution in [0.3, 0.4) is 0 Å². The maximum absolute atomic E-state index is 6.36. The molecule has 0 aliphatic rings. The molecule has 0 saturated carbocycles. The molecule has 4 heteroatoms. The van der Waals surface area contributed by atoms with Crippen molar-refractivity contribution in [1.82, 2.24) is 0 Å². The molecular weight excluding hydrogens is 286 g/mol. The van der Waals surface area contributed by atoms with Gasteiger partial charge in [0.1, 0.15) is 0 Å². The monoisotopic (exact) mass is 305 g/mol. The molecule has 0 bridgehead atoms. The van der Waals surface area contributed by atoms with Crippen molar-refractivity contribution in [2.24, 2.45) is 5.73 Å². The second-order valence-corrected chi connectivity index (χ2v) is 5.47. The summed E-state index contributed by atoms with van der Waals surface area (Å²) in [6.07, 6.45) is 0. The first-order valence-electron chi connectivity index (χ1n) is 6.72. The van der Waals surface area contributed by atoms with Crippen molar-refractivity contribution < 1.29 is 9.47 Å². The topological polar surface area (TPSA) is 44.5 Å². The van der Waals surface area contributed by atoms with Crippen LogP contribution in [-0.2, 0) is 0 Å². The molecule has 2 rings (SSSR count). The Morgan fingerprint density at radius 3 is 2.24 bits per heavy atom. The van der Waals surface area contributed by atoms with Gasteiger partial charge in [0.15, 0.2) is 11.5 Å². The number of rotatable bonds is 4. The van der Waals surface area contributed by atoms with Gasteiger partial charge in [-0.05, 0) is 48.2 Å². The van der Waals surface area contributed by atoms with Crippen LogP contribution in [0.4, 0.5) is 0 Å². The highest BCUT2D eigenvalue weighted by Gasteiger charge is 2.16. The maximum Gasteiger partial charge on any atom is 0.179 e. The predicted molar refractivity (Wildman–Crippen MR) is 86.5 cm³/mol. The van der Waals surface area contributed by atoms with Gasteiger partial charge in [0, 0.05) is 0 Å². The molecule has 0 saturated heterocycles. The maximum atomic E-state index is 6.36. The Hall–Kier alpha value is -1.71. The zero-order valence-electron chi connectivity index (χ0n) is 12.7. The van der Waals surface area contributed by atoms with E-state index in [1.54, 1.807) is 14.2 Å². The largest absolute Gasteiger partial charge is 0.493 e. The Labute approximate surface area is 130 Å². The first-order valence-corrected chi connectivity index (χ1v) is 7.10. The molecule has 0 radical (unpaired) electrons. The van der Waals surface area contributed by atoms with Crippen LogP contribution in [0.2, 0.25) is 5.02 Å². The third kappa shape index (κ3) is 3.14. The molecule has 0 heterocycles. The van der Waals surface area contributed by atoms with Crippen molar-refractivity contribution in [2.75, 3.05) is 14.2 Å². The van der Waals surface area contributed by atoms with E-state index in [1.807, 2.05) is 18.2 Å². The fourth-order valence-electron chi connectivity index (χ4n) is 2.27. The summed E-state index contributed by atoms with van der Waals surface area (Å²) in [5.41, 5.74) is 10.8. The third-order valence-electron chi connectivity index (χ3n) is 3.71. The minimum atomic E-state index is -0.262. The van der Waals surface area contributed by atoms with Crippen molar-refractivity contribution in [3.05, 3.63) is 57.6 Å². The number of ether oxygens (including phenoxy) is 2. The van der Waals surface area contributed by atoms with Gasteiger partial charge in [-0.3, -0.25) is 0 Å². The third-order valence-corrected chi connectivity index (χ3v) is 3.99. The van der Waals surface area contributed by atoms with Crippen LogP contribution in [0.25, 0.3) is 0 Å². The number of halogens is 1.